The molecule has 2 rings (SSSR count). The molecule has 1 aromatic carbocycles. The first-order valence-corrected chi connectivity index (χ1v) is 8.85. The second kappa shape index (κ2) is 8.34. The van der Waals surface area contributed by atoms with Gasteiger partial charge >= 0.3 is 0 Å². The highest BCUT2D eigenvalue weighted by atomic mass is 16.5. The largest absolute Gasteiger partial charge is 0.375 e. The first-order valence-electron chi connectivity index (χ1n) is 8.85. The van der Waals surface area contributed by atoms with Gasteiger partial charge in [0, 0.05) is 30.2 Å². The Balaban J connectivity index is 2.15. The molecular weight excluding hydrogens is 286 g/mol. The molecule has 128 valence electrons. The minimum absolute atomic E-state index is 0.751. The highest BCUT2D eigenvalue weighted by Gasteiger charge is 2.15. The van der Waals surface area contributed by atoms with E-state index < -0.39 is 0 Å². The van der Waals surface area contributed by atoms with Crippen molar-refractivity contribution in [2.75, 3.05) is 32.1 Å². The van der Waals surface area contributed by atoms with Gasteiger partial charge in [-0.05, 0) is 64.8 Å². The first-order chi connectivity index (χ1) is 11.1. The SMILES string of the molecule is CCC(CCNC)CCc1noc2c(C)c(N(C)CC)ccc12. The summed E-state index contributed by atoms with van der Waals surface area (Å²) >= 11 is 0. The van der Waals surface area contributed by atoms with E-state index in [1.807, 2.05) is 7.05 Å². The van der Waals surface area contributed by atoms with Gasteiger partial charge in [-0.1, -0.05) is 18.5 Å². The Morgan fingerprint density at radius 1 is 1.26 bits per heavy atom. The van der Waals surface area contributed by atoms with Crippen molar-refractivity contribution in [1.82, 2.24) is 10.5 Å². The monoisotopic (exact) mass is 317 g/mol. The quantitative estimate of drug-likeness (QED) is 0.754. The zero-order chi connectivity index (χ0) is 16.8. The summed E-state index contributed by atoms with van der Waals surface area (Å²) in [5.74, 6) is 0.751. The molecule has 0 saturated carbocycles. The maximum absolute atomic E-state index is 5.67. The van der Waals surface area contributed by atoms with Gasteiger partial charge in [0.15, 0.2) is 5.58 Å². The lowest BCUT2D eigenvalue weighted by Crippen LogP contribution is -2.16. The van der Waals surface area contributed by atoms with Crippen molar-refractivity contribution >= 4 is 16.7 Å². The molecule has 4 nitrogen and oxygen atoms in total. The van der Waals surface area contributed by atoms with Crippen LogP contribution >= 0.6 is 0 Å². The molecule has 0 aliphatic rings. The predicted molar refractivity (Wildman–Crippen MR) is 98.3 cm³/mol. The first kappa shape index (κ1) is 17.8. The van der Waals surface area contributed by atoms with Gasteiger partial charge < -0.3 is 14.7 Å². The molecule has 0 saturated heterocycles. The molecule has 0 radical (unpaired) electrons. The van der Waals surface area contributed by atoms with Gasteiger partial charge in [-0.25, -0.2) is 0 Å². The third-order valence-electron chi connectivity index (χ3n) is 4.99. The number of hydrogen-bond donors (Lipinski definition) is 1. The molecule has 0 amide bonds. The number of nitrogens with zero attached hydrogens (tertiary/aromatic N) is 2. The summed E-state index contributed by atoms with van der Waals surface area (Å²) in [6.07, 6.45) is 4.63. The highest BCUT2D eigenvalue weighted by molar-refractivity contribution is 5.87. The van der Waals surface area contributed by atoms with Gasteiger partial charge in [0.1, 0.15) is 0 Å². The van der Waals surface area contributed by atoms with Crippen LogP contribution in [0.25, 0.3) is 11.0 Å². The van der Waals surface area contributed by atoms with Crippen LogP contribution in [0.15, 0.2) is 16.7 Å². The molecule has 1 unspecified atom stereocenters. The van der Waals surface area contributed by atoms with Gasteiger partial charge in [0.2, 0.25) is 0 Å². The molecule has 0 aliphatic heterocycles. The molecule has 0 bridgehead atoms. The van der Waals surface area contributed by atoms with Crippen LogP contribution in [0.2, 0.25) is 0 Å². The summed E-state index contributed by atoms with van der Waals surface area (Å²) < 4.78 is 5.67. The van der Waals surface area contributed by atoms with E-state index in [4.69, 9.17) is 4.52 Å². The minimum atomic E-state index is 0.751. The maximum atomic E-state index is 5.67. The second-order valence-corrected chi connectivity index (χ2v) is 6.43. The molecule has 0 aliphatic carbocycles. The predicted octanol–water partition coefficient (Wildman–Crippen LogP) is 4.16. The van der Waals surface area contributed by atoms with Crippen molar-refractivity contribution in [3.05, 3.63) is 23.4 Å². The molecule has 2 aromatic rings. The standard InChI is InChI=1S/C19H31N3O/c1-6-15(12-13-20-4)8-10-17-16-9-11-18(22(5)7-2)14(3)19(16)23-21-17/h9,11,15,20H,6-8,10,12-13H2,1-5H3. The van der Waals surface area contributed by atoms with E-state index in [2.05, 4.69) is 55.3 Å². The lowest BCUT2D eigenvalue weighted by atomic mass is 9.95. The third kappa shape index (κ3) is 4.05. The maximum Gasteiger partial charge on any atom is 0.172 e. The molecule has 0 spiro atoms. The van der Waals surface area contributed by atoms with E-state index >= 15 is 0 Å². The highest BCUT2D eigenvalue weighted by Crippen LogP contribution is 2.30. The number of hydrogen-bond acceptors (Lipinski definition) is 4. The number of nitrogens with one attached hydrogen (secondary N) is 1. The zero-order valence-electron chi connectivity index (χ0n) is 15.3. The van der Waals surface area contributed by atoms with Gasteiger partial charge in [-0.15, -0.1) is 0 Å². The van der Waals surface area contributed by atoms with Crippen molar-refractivity contribution < 1.29 is 4.52 Å². The molecule has 1 aromatic heterocycles. The molecule has 4 heteroatoms. The molecule has 1 N–H and O–H groups in total. The number of fused-ring (bicyclic) bond motifs is 1. The number of aromatic nitrogens is 1. The third-order valence-corrected chi connectivity index (χ3v) is 4.99. The van der Waals surface area contributed by atoms with E-state index in [-0.39, 0.29) is 0 Å². The zero-order valence-corrected chi connectivity index (χ0v) is 15.3. The summed E-state index contributed by atoms with van der Waals surface area (Å²) in [5.41, 5.74) is 4.47. The fourth-order valence-corrected chi connectivity index (χ4v) is 3.18. The fourth-order valence-electron chi connectivity index (χ4n) is 3.18. The Hall–Kier alpha value is -1.55. The van der Waals surface area contributed by atoms with E-state index in [9.17, 15) is 0 Å². The van der Waals surface area contributed by atoms with Crippen LogP contribution in [-0.4, -0.2) is 32.3 Å². The van der Waals surface area contributed by atoms with Crippen LogP contribution in [0.3, 0.4) is 0 Å². The van der Waals surface area contributed by atoms with Crippen molar-refractivity contribution in [2.45, 2.75) is 46.5 Å². The second-order valence-electron chi connectivity index (χ2n) is 6.43. The van der Waals surface area contributed by atoms with Crippen molar-refractivity contribution in [3.63, 3.8) is 0 Å². The van der Waals surface area contributed by atoms with Gasteiger partial charge in [0.25, 0.3) is 0 Å². The van der Waals surface area contributed by atoms with Gasteiger partial charge in [0.05, 0.1) is 5.69 Å². The van der Waals surface area contributed by atoms with Crippen LogP contribution in [0.4, 0.5) is 5.69 Å². The summed E-state index contributed by atoms with van der Waals surface area (Å²) in [7, 11) is 4.13. The average Bonchev–Trinajstić information content (AvgIpc) is 2.99. The molecule has 0 fully saturated rings. The smallest absolute Gasteiger partial charge is 0.172 e. The van der Waals surface area contributed by atoms with E-state index in [1.165, 1.54) is 35.9 Å². The fraction of sp³-hybridized carbons (Fsp3) is 0.632. The normalized spacial score (nSPS) is 12.7. The van der Waals surface area contributed by atoms with Crippen LogP contribution in [0, 0.1) is 12.8 Å². The number of rotatable bonds is 9. The molecule has 23 heavy (non-hydrogen) atoms. The van der Waals surface area contributed by atoms with Crippen molar-refractivity contribution in [1.29, 1.82) is 0 Å². The lowest BCUT2D eigenvalue weighted by molar-refractivity contribution is 0.411. The molecular formula is C19H31N3O. The van der Waals surface area contributed by atoms with Crippen LogP contribution in [-0.2, 0) is 6.42 Å². The van der Waals surface area contributed by atoms with Crippen molar-refractivity contribution in [2.24, 2.45) is 5.92 Å². The average molecular weight is 317 g/mol. The Morgan fingerprint density at radius 3 is 2.70 bits per heavy atom. The van der Waals surface area contributed by atoms with Gasteiger partial charge in [-0.3, -0.25) is 0 Å². The van der Waals surface area contributed by atoms with Crippen LogP contribution in [0.1, 0.15) is 44.4 Å². The lowest BCUT2D eigenvalue weighted by Gasteiger charge is -2.19. The summed E-state index contributed by atoms with van der Waals surface area (Å²) in [4.78, 5) is 2.24. The van der Waals surface area contributed by atoms with Crippen LogP contribution < -0.4 is 10.2 Å². The molecule has 1 atom stereocenters. The van der Waals surface area contributed by atoms with E-state index in [0.29, 0.717) is 0 Å². The number of benzene rings is 1. The minimum Gasteiger partial charge on any atom is -0.375 e. The van der Waals surface area contributed by atoms with Crippen LogP contribution in [0.5, 0.6) is 0 Å². The summed E-state index contributed by atoms with van der Waals surface area (Å²) in [6.45, 7) is 8.63. The number of anilines is 1. The number of aryl methyl sites for hydroxylation is 2. The summed E-state index contributed by atoms with van der Waals surface area (Å²) in [5, 5.41) is 8.79. The van der Waals surface area contributed by atoms with E-state index in [0.717, 1.165) is 36.7 Å². The Kier molecular flexibility index (Phi) is 6.46. The van der Waals surface area contributed by atoms with E-state index in [1.54, 1.807) is 0 Å². The topological polar surface area (TPSA) is 41.3 Å². The van der Waals surface area contributed by atoms with Gasteiger partial charge in [-0.2, -0.15) is 0 Å². The summed E-state index contributed by atoms with van der Waals surface area (Å²) in [6, 6.07) is 4.37. The Morgan fingerprint density at radius 2 is 2.04 bits per heavy atom. The molecule has 1 heterocycles. The van der Waals surface area contributed by atoms with Crippen molar-refractivity contribution in [3.8, 4) is 0 Å². The Labute approximate surface area is 140 Å². The Bertz CT molecular complexity index is 620.